The largest absolute Gasteiger partial charge is 0.441 e. The second-order valence-corrected chi connectivity index (χ2v) is 6.12. The highest BCUT2D eigenvalue weighted by Gasteiger charge is 2.16. The van der Waals surface area contributed by atoms with Gasteiger partial charge in [-0.3, -0.25) is 9.71 Å². The molecule has 6 nitrogen and oxygen atoms in total. The first-order chi connectivity index (χ1) is 10.1. The van der Waals surface area contributed by atoms with Crippen LogP contribution in [0.5, 0.6) is 0 Å². The van der Waals surface area contributed by atoms with Crippen molar-refractivity contribution in [3.05, 3.63) is 48.6 Å². The van der Waals surface area contributed by atoms with Crippen molar-refractivity contribution in [3.63, 3.8) is 0 Å². The zero-order valence-corrected chi connectivity index (χ0v) is 12.1. The second kappa shape index (κ2) is 5.17. The summed E-state index contributed by atoms with van der Waals surface area (Å²) < 4.78 is 32.6. The fourth-order valence-electron chi connectivity index (χ4n) is 1.91. The molecule has 21 heavy (non-hydrogen) atoms. The van der Waals surface area contributed by atoms with Gasteiger partial charge >= 0.3 is 0 Å². The van der Waals surface area contributed by atoms with Crippen LogP contribution in [-0.2, 0) is 16.4 Å². The molecule has 0 bridgehead atoms. The van der Waals surface area contributed by atoms with Gasteiger partial charge < -0.3 is 4.42 Å². The third-order valence-electron chi connectivity index (χ3n) is 2.93. The van der Waals surface area contributed by atoms with Gasteiger partial charge in [0.1, 0.15) is 5.52 Å². The summed E-state index contributed by atoms with van der Waals surface area (Å²) >= 11 is 0. The molecule has 2 aromatic heterocycles. The van der Waals surface area contributed by atoms with E-state index in [9.17, 15) is 8.42 Å². The molecule has 1 N–H and O–H groups in total. The minimum Gasteiger partial charge on any atom is -0.441 e. The van der Waals surface area contributed by atoms with Crippen molar-refractivity contribution in [3.8, 4) is 0 Å². The molecule has 0 aliphatic heterocycles. The van der Waals surface area contributed by atoms with Crippen LogP contribution in [0, 0.1) is 0 Å². The fraction of sp³-hybridized carbons (Fsp3) is 0.143. The standard InChI is InChI=1S/C14H13N3O3S/c1-2-14-16-12-8-11(5-6-13(12)20-14)21(18,19)17-10-4-3-7-15-9-10/h3-9,17H,2H2,1H3. The number of fused-ring (bicyclic) bond motifs is 1. The van der Waals surface area contributed by atoms with Crippen LogP contribution in [0.2, 0.25) is 0 Å². The lowest BCUT2D eigenvalue weighted by Crippen LogP contribution is -2.12. The van der Waals surface area contributed by atoms with Crippen molar-refractivity contribution in [1.82, 2.24) is 9.97 Å². The average molecular weight is 303 g/mol. The topological polar surface area (TPSA) is 85.1 Å². The molecule has 0 aliphatic carbocycles. The number of anilines is 1. The number of pyridine rings is 1. The van der Waals surface area contributed by atoms with Crippen molar-refractivity contribution in [2.24, 2.45) is 0 Å². The normalized spacial score (nSPS) is 11.7. The Bertz CT molecular complexity index is 873. The maximum absolute atomic E-state index is 12.3. The molecule has 0 aliphatic rings. The zero-order chi connectivity index (χ0) is 14.9. The summed E-state index contributed by atoms with van der Waals surface area (Å²) in [5, 5.41) is 0. The van der Waals surface area contributed by atoms with Gasteiger partial charge in [0.05, 0.1) is 16.8 Å². The average Bonchev–Trinajstić information content (AvgIpc) is 2.90. The first-order valence-electron chi connectivity index (χ1n) is 6.41. The number of hydrogen-bond acceptors (Lipinski definition) is 5. The Morgan fingerprint density at radius 1 is 1.29 bits per heavy atom. The van der Waals surface area contributed by atoms with E-state index in [1.807, 2.05) is 6.92 Å². The summed E-state index contributed by atoms with van der Waals surface area (Å²) in [6, 6.07) is 7.89. The lowest BCUT2D eigenvalue weighted by atomic mass is 10.3. The van der Waals surface area contributed by atoms with E-state index in [4.69, 9.17) is 4.42 Å². The Morgan fingerprint density at radius 2 is 2.14 bits per heavy atom. The van der Waals surface area contributed by atoms with Crippen molar-refractivity contribution >= 4 is 26.8 Å². The van der Waals surface area contributed by atoms with E-state index in [1.54, 1.807) is 24.4 Å². The van der Waals surface area contributed by atoms with Crippen molar-refractivity contribution in [2.45, 2.75) is 18.2 Å². The van der Waals surface area contributed by atoms with Gasteiger partial charge in [0.15, 0.2) is 11.5 Å². The predicted molar refractivity (Wildman–Crippen MR) is 78.4 cm³/mol. The maximum atomic E-state index is 12.3. The molecule has 0 atom stereocenters. The molecule has 7 heteroatoms. The molecular weight excluding hydrogens is 290 g/mol. The number of benzene rings is 1. The van der Waals surface area contributed by atoms with Crippen LogP contribution in [0.1, 0.15) is 12.8 Å². The molecule has 3 rings (SSSR count). The van der Waals surface area contributed by atoms with Crippen LogP contribution >= 0.6 is 0 Å². The summed E-state index contributed by atoms with van der Waals surface area (Å²) in [5.41, 5.74) is 1.51. The van der Waals surface area contributed by atoms with Gasteiger partial charge in [-0.1, -0.05) is 6.92 Å². The Kier molecular flexibility index (Phi) is 3.34. The second-order valence-electron chi connectivity index (χ2n) is 4.44. The number of aryl methyl sites for hydroxylation is 1. The lowest BCUT2D eigenvalue weighted by molar-refractivity contribution is 0.538. The van der Waals surface area contributed by atoms with Gasteiger partial charge in [-0.25, -0.2) is 13.4 Å². The smallest absolute Gasteiger partial charge is 0.262 e. The highest BCUT2D eigenvalue weighted by molar-refractivity contribution is 7.92. The van der Waals surface area contributed by atoms with Gasteiger partial charge in [-0.15, -0.1) is 0 Å². The molecule has 0 fully saturated rings. The number of hydrogen-bond donors (Lipinski definition) is 1. The van der Waals surface area contributed by atoms with Gasteiger partial charge in [-0.2, -0.15) is 0 Å². The van der Waals surface area contributed by atoms with E-state index in [0.717, 1.165) is 0 Å². The molecule has 0 radical (unpaired) electrons. The Morgan fingerprint density at radius 3 is 2.86 bits per heavy atom. The van der Waals surface area contributed by atoms with Gasteiger partial charge in [-0.05, 0) is 30.3 Å². The Labute approximate surface area is 121 Å². The third kappa shape index (κ3) is 2.73. The highest BCUT2D eigenvalue weighted by Crippen LogP contribution is 2.22. The number of aromatic nitrogens is 2. The van der Waals surface area contributed by atoms with E-state index in [2.05, 4.69) is 14.7 Å². The zero-order valence-electron chi connectivity index (χ0n) is 11.3. The van der Waals surface area contributed by atoms with Crippen LogP contribution in [0.25, 0.3) is 11.1 Å². The van der Waals surface area contributed by atoms with E-state index < -0.39 is 10.0 Å². The van der Waals surface area contributed by atoms with Crippen molar-refractivity contribution < 1.29 is 12.8 Å². The molecule has 0 spiro atoms. The third-order valence-corrected chi connectivity index (χ3v) is 4.31. The van der Waals surface area contributed by atoms with Crippen molar-refractivity contribution in [2.75, 3.05) is 4.72 Å². The lowest BCUT2D eigenvalue weighted by Gasteiger charge is -2.07. The minimum atomic E-state index is -3.67. The number of nitrogens with zero attached hydrogens (tertiary/aromatic N) is 2. The van der Waals surface area contributed by atoms with Crippen LogP contribution < -0.4 is 4.72 Å². The molecule has 1 aromatic carbocycles. The molecule has 3 aromatic rings. The molecular formula is C14H13N3O3S. The van der Waals surface area contributed by atoms with Crippen LogP contribution in [0.15, 0.2) is 52.0 Å². The van der Waals surface area contributed by atoms with Gasteiger partial charge in [0.25, 0.3) is 10.0 Å². The van der Waals surface area contributed by atoms with E-state index in [1.165, 1.54) is 18.3 Å². The summed E-state index contributed by atoms with van der Waals surface area (Å²) in [7, 11) is -3.67. The first-order valence-corrected chi connectivity index (χ1v) is 7.89. The van der Waals surface area contributed by atoms with Crippen molar-refractivity contribution in [1.29, 1.82) is 0 Å². The van der Waals surface area contributed by atoms with Crippen LogP contribution in [0.3, 0.4) is 0 Å². The summed E-state index contributed by atoms with van der Waals surface area (Å²) in [5.74, 6) is 0.583. The Hall–Kier alpha value is -2.41. The Balaban J connectivity index is 1.98. The molecule has 2 heterocycles. The number of nitrogens with one attached hydrogen (secondary N) is 1. The number of sulfonamides is 1. The van der Waals surface area contributed by atoms with Crippen LogP contribution in [0.4, 0.5) is 5.69 Å². The molecule has 108 valence electrons. The van der Waals surface area contributed by atoms with Gasteiger partial charge in [0, 0.05) is 12.6 Å². The monoisotopic (exact) mass is 303 g/mol. The minimum absolute atomic E-state index is 0.134. The van der Waals surface area contributed by atoms with Gasteiger partial charge in [0.2, 0.25) is 0 Å². The van der Waals surface area contributed by atoms with E-state index in [-0.39, 0.29) is 4.90 Å². The number of oxazole rings is 1. The molecule has 0 saturated carbocycles. The van der Waals surface area contributed by atoms with E-state index in [0.29, 0.717) is 29.1 Å². The van der Waals surface area contributed by atoms with Crippen LogP contribution in [-0.4, -0.2) is 18.4 Å². The van der Waals surface area contributed by atoms with E-state index >= 15 is 0 Å². The predicted octanol–water partition coefficient (Wildman–Crippen LogP) is 2.59. The first kappa shape index (κ1) is 13.6. The molecule has 0 amide bonds. The summed E-state index contributed by atoms with van der Waals surface area (Å²) in [6.07, 6.45) is 3.68. The quantitative estimate of drug-likeness (QED) is 0.800. The molecule has 0 unspecified atom stereocenters. The maximum Gasteiger partial charge on any atom is 0.262 e. The fourth-order valence-corrected chi connectivity index (χ4v) is 2.97. The summed E-state index contributed by atoms with van der Waals surface area (Å²) in [6.45, 7) is 1.92. The SMILES string of the molecule is CCc1nc2cc(S(=O)(=O)Nc3cccnc3)ccc2o1. The highest BCUT2D eigenvalue weighted by atomic mass is 32.2. The number of rotatable bonds is 4. The molecule has 0 saturated heterocycles. The summed E-state index contributed by atoms with van der Waals surface area (Å²) in [4.78, 5) is 8.25.